The zero-order chi connectivity index (χ0) is 11.3. The molecule has 0 bridgehead atoms. The van der Waals surface area contributed by atoms with Crippen LogP contribution in [0.25, 0.3) is 0 Å². The fraction of sp³-hybridized carbons (Fsp3) is 0.917. The molecule has 1 atom stereocenters. The number of carbonyl (C=O) groups is 1. The zero-order valence-corrected chi connectivity index (χ0v) is 13.7. The lowest BCUT2D eigenvalue weighted by atomic mass is 9.73. The first-order valence-corrected chi connectivity index (χ1v) is 8.88. The Bertz CT molecular complexity index is 196. The van der Waals surface area contributed by atoms with Crippen LogP contribution in [0.2, 0.25) is 0 Å². The van der Waals surface area contributed by atoms with E-state index in [1.165, 1.54) is 32.1 Å². The zero-order valence-electron chi connectivity index (χ0n) is 9.35. The minimum Gasteiger partial charge on any atom is -0.300 e. The summed E-state index contributed by atoms with van der Waals surface area (Å²) in [6.07, 6.45) is 6.62. The molecule has 0 amide bonds. The Morgan fingerprint density at radius 1 is 1.20 bits per heavy atom. The molecule has 1 saturated carbocycles. The summed E-state index contributed by atoms with van der Waals surface area (Å²) in [6.45, 7) is 1.80. The molecule has 0 aromatic heterocycles. The molecule has 1 aliphatic carbocycles. The van der Waals surface area contributed by atoms with Crippen molar-refractivity contribution in [3.05, 3.63) is 0 Å². The predicted octanol–water partition coefficient (Wildman–Crippen LogP) is 4.26. The number of ketones is 1. The van der Waals surface area contributed by atoms with Gasteiger partial charge in [0.05, 0.1) is 0 Å². The van der Waals surface area contributed by atoms with E-state index >= 15 is 0 Å². The molecule has 0 spiro atoms. The summed E-state index contributed by atoms with van der Waals surface area (Å²) in [7, 11) is 0. The van der Waals surface area contributed by atoms with Crippen molar-refractivity contribution in [3.8, 4) is 0 Å². The van der Waals surface area contributed by atoms with E-state index in [1.54, 1.807) is 6.92 Å². The van der Waals surface area contributed by atoms with Crippen molar-refractivity contribution in [2.45, 2.75) is 39.0 Å². The summed E-state index contributed by atoms with van der Waals surface area (Å²) in [4.78, 5) is 11.8. The third-order valence-corrected chi connectivity index (χ3v) is 5.79. The van der Waals surface area contributed by atoms with Crippen LogP contribution in [0, 0.1) is 17.8 Å². The summed E-state index contributed by atoms with van der Waals surface area (Å²) < 4.78 is 2.25. The van der Waals surface area contributed by atoms with Crippen molar-refractivity contribution in [1.82, 2.24) is 0 Å². The van der Waals surface area contributed by atoms with Crippen molar-refractivity contribution in [2.24, 2.45) is 17.8 Å². The molecule has 0 radical (unpaired) electrons. The van der Waals surface area contributed by atoms with Crippen molar-refractivity contribution in [2.75, 3.05) is 8.86 Å². The van der Waals surface area contributed by atoms with Crippen molar-refractivity contribution < 1.29 is 4.79 Å². The van der Waals surface area contributed by atoms with E-state index in [1.807, 2.05) is 0 Å². The minimum atomic E-state index is 0.346. The molecule has 0 aromatic rings. The first kappa shape index (κ1) is 14.2. The van der Waals surface area contributed by atoms with Gasteiger partial charge in [-0.2, -0.15) is 0 Å². The number of rotatable bonds is 5. The van der Waals surface area contributed by atoms with Gasteiger partial charge in [0.15, 0.2) is 0 Å². The Kier molecular flexibility index (Phi) is 7.05. The molecule has 1 aliphatic rings. The standard InChI is InChI=1S/C12H20I2O/c1-9(15)12(11(7-13)8-14)10-5-3-2-4-6-10/h10-12H,2-8H2,1H3. The summed E-state index contributed by atoms with van der Waals surface area (Å²) >= 11 is 4.87. The molecule has 0 saturated heterocycles. The number of alkyl halides is 2. The summed E-state index contributed by atoms with van der Waals surface area (Å²) in [5.41, 5.74) is 0. The maximum absolute atomic E-state index is 11.8. The highest BCUT2D eigenvalue weighted by Gasteiger charge is 2.32. The summed E-state index contributed by atoms with van der Waals surface area (Å²) in [5, 5.41) is 0. The lowest BCUT2D eigenvalue weighted by Crippen LogP contribution is -2.32. The van der Waals surface area contributed by atoms with E-state index in [0.29, 0.717) is 23.5 Å². The average molecular weight is 434 g/mol. The molecule has 0 N–H and O–H groups in total. The molecule has 1 fully saturated rings. The molecular formula is C12H20I2O. The SMILES string of the molecule is CC(=O)C(C(CI)CI)C1CCCCC1. The van der Waals surface area contributed by atoms with Crippen molar-refractivity contribution >= 4 is 51.0 Å². The van der Waals surface area contributed by atoms with Gasteiger partial charge < -0.3 is 0 Å². The van der Waals surface area contributed by atoms with Gasteiger partial charge in [-0.1, -0.05) is 64.4 Å². The Morgan fingerprint density at radius 3 is 2.13 bits per heavy atom. The first-order chi connectivity index (χ1) is 7.20. The van der Waals surface area contributed by atoms with Gasteiger partial charge in [0, 0.05) is 14.8 Å². The van der Waals surface area contributed by atoms with E-state index in [2.05, 4.69) is 45.2 Å². The van der Waals surface area contributed by atoms with E-state index in [-0.39, 0.29) is 0 Å². The highest BCUT2D eigenvalue weighted by molar-refractivity contribution is 14.1. The third kappa shape index (κ3) is 4.13. The van der Waals surface area contributed by atoms with Crippen LogP contribution in [0.15, 0.2) is 0 Å². The fourth-order valence-corrected chi connectivity index (χ4v) is 5.69. The number of hydrogen-bond donors (Lipinski definition) is 0. The average Bonchev–Trinajstić information content (AvgIpc) is 2.26. The fourth-order valence-electron chi connectivity index (χ4n) is 2.78. The maximum atomic E-state index is 11.8. The van der Waals surface area contributed by atoms with Crippen LogP contribution in [0.5, 0.6) is 0 Å². The van der Waals surface area contributed by atoms with E-state index in [9.17, 15) is 4.79 Å². The van der Waals surface area contributed by atoms with Gasteiger partial charge in [0.2, 0.25) is 0 Å². The molecule has 0 aromatic carbocycles. The maximum Gasteiger partial charge on any atom is 0.133 e. The number of carbonyl (C=O) groups excluding carboxylic acids is 1. The summed E-state index contributed by atoms with van der Waals surface area (Å²) in [5.74, 6) is 2.07. The van der Waals surface area contributed by atoms with Gasteiger partial charge in [0.1, 0.15) is 5.78 Å². The van der Waals surface area contributed by atoms with Gasteiger partial charge in [0.25, 0.3) is 0 Å². The van der Waals surface area contributed by atoms with Crippen LogP contribution in [-0.2, 0) is 4.79 Å². The topological polar surface area (TPSA) is 17.1 Å². The molecule has 15 heavy (non-hydrogen) atoms. The highest BCUT2D eigenvalue weighted by Crippen LogP contribution is 2.36. The first-order valence-electron chi connectivity index (χ1n) is 5.83. The smallest absolute Gasteiger partial charge is 0.133 e. The quantitative estimate of drug-likeness (QED) is 0.467. The van der Waals surface area contributed by atoms with Crippen LogP contribution >= 0.6 is 45.2 Å². The monoisotopic (exact) mass is 434 g/mol. The Hall–Kier alpha value is 1.13. The highest BCUT2D eigenvalue weighted by atomic mass is 127. The normalized spacial score (nSPS) is 20.5. The van der Waals surface area contributed by atoms with Crippen LogP contribution in [0.1, 0.15) is 39.0 Å². The second-order valence-corrected chi connectivity index (χ2v) is 6.36. The lowest BCUT2D eigenvalue weighted by molar-refractivity contribution is -0.124. The Labute approximate surface area is 120 Å². The largest absolute Gasteiger partial charge is 0.300 e. The van der Waals surface area contributed by atoms with E-state index < -0.39 is 0 Å². The second-order valence-electron chi connectivity index (χ2n) is 4.60. The molecule has 88 valence electrons. The van der Waals surface area contributed by atoms with Gasteiger partial charge in [-0.15, -0.1) is 0 Å². The molecule has 1 rings (SSSR count). The van der Waals surface area contributed by atoms with Crippen LogP contribution in [0.4, 0.5) is 0 Å². The molecule has 0 aliphatic heterocycles. The van der Waals surface area contributed by atoms with Crippen molar-refractivity contribution in [1.29, 1.82) is 0 Å². The Balaban J connectivity index is 2.66. The molecular weight excluding hydrogens is 414 g/mol. The van der Waals surface area contributed by atoms with E-state index in [0.717, 1.165) is 8.86 Å². The Morgan fingerprint density at radius 2 is 1.73 bits per heavy atom. The number of Topliss-reactive ketones (excluding diaryl/α,β-unsaturated/α-hetero) is 1. The molecule has 0 heterocycles. The number of hydrogen-bond acceptors (Lipinski definition) is 1. The van der Waals surface area contributed by atoms with Crippen LogP contribution in [0.3, 0.4) is 0 Å². The number of halogens is 2. The van der Waals surface area contributed by atoms with Gasteiger partial charge in [-0.25, -0.2) is 0 Å². The van der Waals surface area contributed by atoms with Crippen molar-refractivity contribution in [3.63, 3.8) is 0 Å². The third-order valence-electron chi connectivity index (χ3n) is 3.53. The van der Waals surface area contributed by atoms with Crippen LogP contribution < -0.4 is 0 Å². The van der Waals surface area contributed by atoms with E-state index in [4.69, 9.17) is 0 Å². The minimum absolute atomic E-state index is 0.346. The van der Waals surface area contributed by atoms with Gasteiger partial charge in [-0.05, 0) is 31.6 Å². The van der Waals surface area contributed by atoms with Gasteiger partial charge in [-0.3, -0.25) is 4.79 Å². The molecule has 1 unspecified atom stereocenters. The summed E-state index contributed by atoms with van der Waals surface area (Å²) in [6, 6.07) is 0. The van der Waals surface area contributed by atoms with Crippen LogP contribution in [-0.4, -0.2) is 14.6 Å². The second kappa shape index (κ2) is 7.45. The molecule has 1 nitrogen and oxygen atoms in total. The predicted molar refractivity (Wildman–Crippen MR) is 82.0 cm³/mol. The lowest BCUT2D eigenvalue weighted by Gasteiger charge is -2.32. The molecule has 3 heteroatoms. The van der Waals surface area contributed by atoms with Gasteiger partial charge >= 0.3 is 0 Å².